The molecule has 0 aliphatic heterocycles. The van der Waals surface area contributed by atoms with Gasteiger partial charge < -0.3 is 18.5 Å². The van der Waals surface area contributed by atoms with Crippen LogP contribution in [0.3, 0.4) is 0 Å². The predicted molar refractivity (Wildman–Crippen MR) is 105 cm³/mol. The van der Waals surface area contributed by atoms with Gasteiger partial charge in [-0.1, -0.05) is 6.07 Å². The molecule has 0 bridgehead atoms. The average Bonchev–Trinajstić information content (AvgIpc) is 3.25. The van der Waals surface area contributed by atoms with E-state index in [-0.39, 0.29) is 12.5 Å². The molecule has 29 heavy (non-hydrogen) atoms. The third kappa shape index (κ3) is 4.70. The highest BCUT2D eigenvalue weighted by Gasteiger charge is 2.17. The van der Waals surface area contributed by atoms with Gasteiger partial charge in [-0.15, -0.1) is 0 Å². The second-order valence-electron chi connectivity index (χ2n) is 6.43. The maximum atomic E-state index is 12.8. The summed E-state index contributed by atoms with van der Waals surface area (Å²) in [5.74, 6) is 0.911. The molecule has 0 radical (unpaired) electrons. The number of carbonyl (C=O) groups is 1. The van der Waals surface area contributed by atoms with E-state index in [4.69, 9.17) is 13.6 Å². The van der Waals surface area contributed by atoms with Crippen LogP contribution in [0, 0.1) is 0 Å². The van der Waals surface area contributed by atoms with Crippen molar-refractivity contribution in [2.75, 3.05) is 6.61 Å². The normalized spacial score (nSPS) is 10.8. The third-order valence-corrected chi connectivity index (χ3v) is 4.33. The summed E-state index contributed by atoms with van der Waals surface area (Å²) in [6.45, 7) is 0.531. The molecule has 1 aromatic carbocycles. The second kappa shape index (κ2) is 8.43. The summed E-state index contributed by atoms with van der Waals surface area (Å²) < 4.78 is 16.2. The van der Waals surface area contributed by atoms with Gasteiger partial charge in [0, 0.05) is 36.5 Å². The number of hydrogen-bond donors (Lipinski definition) is 0. The highest BCUT2D eigenvalue weighted by Crippen LogP contribution is 2.20. The molecule has 0 aliphatic carbocycles. The minimum atomic E-state index is -0.438. The molecule has 0 unspecified atom stereocenters. The fourth-order valence-electron chi connectivity index (χ4n) is 2.90. The topological polar surface area (TPSA) is 85.8 Å². The summed E-state index contributed by atoms with van der Waals surface area (Å²) in [4.78, 5) is 30.0. The number of pyridine rings is 1. The summed E-state index contributed by atoms with van der Waals surface area (Å²) in [6, 6.07) is 15.5. The first kappa shape index (κ1) is 18.5. The predicted octanol–water partition coefficient (Wildman–Crippen LogP) is 3.39. The van der Waals surface area contributed by atoms with E-state index in [0.717, 1.165) is 10.9 Å². The Balaban J connectivity index is 1.47. The zero-order valence-electron chi connectivity index (χ0n) is 15.5. The quantitative estimate of drug-likeness (QED) is 0.450. The summed E-state index contributed by atoms with van der Waals surface area (Å²) in [6.07, 6.45) is 4.97. The van der Waals surface area contributed by atoms with Crippen LogP contribution in [0.25, 0.3) is 11.0 Å². The minimum absolute atomic E-state index is 0.163. The number of hydrogen-bond acceptors (Lipinski definition) is 6. The van der Waals surface area contributed by atoms with Crippen molar-refractivity contribution in [2.45, 2.75) is 13.1 Å². The van der Waals surface area contributed by atoms with Crippen LogP contribution in [0.4, 0.5) is 0 Å². The Kier molecular flexibility index (Phi) is 5.38. The maximum absolute atomic E-state index is 12.8. The summed E-state index contributed by atoms with van der Waals surface area (Å²) >= 11 is 0. The Labute approximate surface area is 166 Å². The van der Waals surface area contributed by atoms with Crippen LogP contribution < -0.4 is 10.4 Å². The lowest BCUT2D eigenvalue weighted by molar-refractivity contribution is -0.134. The molecular formula is C22H18N2O5. The van der Waals surface area contributed by atoms with Gasteiger partial charge in [-0.2, -0.15) is 0 Å². The fraction of sp³-hybridized carbons (Fsp3) is 0.136. The molecule has 7 nitrogen and oxygen atoms in total. The van der Waals surface area contributed by atoms with Gasteiger partial charge in [-0.3, -0.25) is 9.78 Å². The molecule has 0 spiro atoms. The number of carbonyl (C=O) groups excluding carboxylic acids is 1. The molecule has 146 valence electrons. The van der Waals surface area contributed by atoms with Crippen LogP contribution in [0.1, 0.15) is 11.3 Å². The average molecular weight is 390 g/mol. The van der Waals surface area contributed by atoms with Crippen molar-refractivity contribution in [3.05, 3.63) is 95.0 Å². The first-order chi connectivity index (χ1) is 14.2. The molecule has 3 aromatic heterocycles. The van der Waals surface area contributed by atoms with E-state index >= 15 is 0 Å². The molecule has 0 saturated carbocycles. The van der Waals surface area contributed by atoms with Crippen molar-refractivity contribution < 1.29 is 18.4 Å². The van der Waals surface area contributed by atoms with E-state index in [1.54, 1.807) is 53.9 Å². The standard InChI is InChI=1S/C22H18N2O5/c25-21(15-28-18-7-5-17-6-8-22(26)29-20(17)11-18)24(14-19-4-2-10-27-19)13-16-3-1-9-23-12-16/h1-12H,13-15H2. The minimum Gasteiger partial charge on any atom is -0.484 e. The van der Waals surface area contributed by atoms with E-state index < -0.39 is 5.63 Å². The molecule has 0 aliphatic rings. The molecule has 1 amide bonds. The van der Waals surface area contributed by atoms with Gasteiger partial charge in [0.25, 0.3) is 5.91 Å². The number of nitrogens with zero attached hydrogens (tertiary/aromatic N) is 2. The Morgan fingerprint density at radius 1 is 1.07 bits per heavy atom. The molecule has 0 N–H and O–H groups in total. The fourth-order valence-corrected chi connectivity index (χ4v) is 2.90. The van der Waals surface area contributed by atoms with Gasteiger partial charge in [0.05, 0.1) is 12.8 Å². The van der Waals surface area contributed by atoms with E-state index in [2.05, 4.69) is 4.98 Å². The summed E-state index contributed by atoms with van der Waals surface area (Å²) in [5, 5.41) is 0.777. The Bertz CT molecular complexity index is 1150. The molecule has 7 heteroatoms. The molecule has 4 rings (SSSR count). The van der Waals surface area contributed by atoms with E-state index in [1.165, 1.54) is 6.07 Å². The van der Waals surface area contributed by atoms with Crippen LogP contribution in [0.2, 0.25) is 0 Å². The maximum Gasteiger partial charge on any atom is 0.336 e. The molecule has 0 saturated heterocycles. The number of rotatable bonds is 7. The van der Waals surface area contributed by atoms with Gasteiger partial charge >= 0.3 is 5.63 Å². The second-order valence-corrected chi connectivity index (χ2v) is 6.43. The van der Waals surface area contributed by atoms with Crippen molar-refractivity contribution in [1.82, 2.24) is 9.88 Å². The van der Waals surface area contributed by atoms with E-state index in [0.29, 0.717) is 30.2 Å². The van der Waals surface area contributed by atoms with Crippen molar-refractivity contribution >= 4 is 16.9 Å². The number of fused-ring (bicyclic) bond motifs is 1. The van der Waals surface area contributed by atoms with Gasteiger partial charge in [0.2, 0.25) is 0 Å². The third-order valence-electron chi connectivity index (χ3n) is 4.33. The van der Waals surface area contributed by atoms with E-state index in [9.17, 15) is 9.59 Å². The zero-order valence-corrected chi connectivity index (χ0v) is 15.5. The smallest absolute Gasteiger partial charge is 0.336 e. The first-order valence-corrected chi connectivity index (χ1v) is 9.03. The summed E-state index contributed by atoms with van der Waals surface area (Å²) in [7, 11) is 0. The van der Waals surface area contributed by atoms with Crippen molar-refractivity contribution in [2.24, 2.45) is 0 Å². The van der Waals surface area contributed by atoms with Gasteiger partial charge in [0.15, 0.2) is 6.61 Å². The number of aromatic nitrogens is 1. The number of amides is 1. The van der Waals surface area contributed by atoms with E-state index in [1.807, 2.05) is 18.2 Å². The van der Waals surface area contributed by atoms with Gasteiger partial charge in [-0.05, 0) is 42.0 Å². The number of furan rings is 1. The van der Waals surface area contributed by atoms with Crippen LogP contribution in [0.15, 0.2) is 86.9 Å². The van der Waals surface area contributed by atoms with Crippen molar-refractivity contribution in [1.29, 1.82) is 0 Å². The van der Waals surface area contributed by atoms with Crippen LogP contribution in [-0.4, -0.2) is 22.4 Å². The van der Waals surface area contributed by atoms with Gasteiger partial charge in [-0.25, -0.2) is 4.79 Å². The SMILES string of the molecule is O=C(COc1ccc2ccc(=O)oc2c1)N(Cc1cccnc1)Cc1ccco1. The van der Waals surface area contributed by atoms with Gasteiger partial charge in [0.1, 0.15) is 17.1 Å². The lowest BCUT2D eigenvalue weighted by Crippen LogP contribution is -2.34. The Morgan fingerprint density at radius 2 is 1.97 bits per heavy atom. The molecule has 4 aromatic rings. The molecule has 3 heterocycles. The highest BCUT2D eigenvalue weighted by atomic mass is 16.5. The van der Waals surface area contributed by atoms with Crippen molar-refractivity contribution in [3.63, 3.8) is 0 Å². The van der Waals surface area contributed by atoms with Crippen LogP contribution >= 0.6 is 0 Å². The molecular weight excluding hydrogens is 372 g/mol. The number of ether oxygens (including phenoxy) is 1. The molecule has 0 atom stereocenters. The summed E-state index contributed by atoms with van der Waals surface area (Å²) in [5.41, 5.74) is 0.872. The first-order valence-electron chi connectivity index (χ1n) is 9.03. The zero-order chi connectivity index (χ0) is 20.1. The van der Waals surface area contributed by atoms with Crippen LogP contribution in [0.5, 0.6) is 5.75 Å². The van der Waals surface area contributed by atoms with Crippen LogP contribution in [-0.2, 0) is 17.9 Å². The largest absolute Gasteiger partial charge is 0.484 e. The van der Waals surface area contributed by atoms with Crippen molar-refractivity contribution in [3.8, 4) is 5.75 Å². The Hall–Kier alpha value is -3.87. The highest BCUT2D eigenvalue weighted by molar-refractivity contribution is 5.79. The lowest BCUT2D eigenvalue weighted by atomic mass is 10.2. The number of benzene rings is 1. The Morgan fingerprint density at radius 3 is 2.76 bits per heavy atom. The lowest BCUT2D eigenvalue weighted by Gasteiger charge is -2.22. The monoisotopic (exact) mass is 390 g/mol. The molecule has 0 fully saturated rings.